The largest absolute Gasteiger partial charge is 0.494 e. The minimum absolute atomic E-state index is 0.800. The number of rotatable bonds is 8. The van der Waals surface area contributed by atoms with Crippen molar-refractivity contribution in [2.75, 3.05) is 33.3 Å². The molecule has 1 aliphatic rings. The van der Waals surface area contributed by atoms with E-state index in [-0.39, 0.29) is 0 Å². The summed E-state index contributed by atoms with van der Waals surface area (Å²) in [6.45, 7) is 7.55. The third kappa shape index (κ3) is 6.06. The van der Waals surface area contributed by atoms with Crippen LogP contribution in [0, 0.1) is 5.92 Å². The molecule has 0 bridgehead atoms. The monoisotopic (exact) mass is 290 g/mol. The summed E-state index contributed by atoms with van der Waals surface area (Å²) in [5.41, 5.74) is 1.34. The highest BCUT2D eigenvalue weighted by Gasteiger charge is 2.15. The molecule has 0 unspecified atom stereocenters. The van der Waals surface area contributed by atoms with Crippen LogP contribution in [0.15, 0.2) is 24.3 Å². The van der Waals surface area contributed by atoms with Crippen LogP contribution in [-0.2, 0) is 6.54 Å². The van der Waals surface area contributed by atoms with E-state index in [1.165, 1.54) is 37.9 Å². The topological polar surface area (TPSA) is 24.5 Å². The first-order chi connectivity index (χ1) is 10.3. The van der Waals surface area contributed by atoms with E-state index in [9.17, 15) is 0 Å². The Morgan fingerprint density at radius 2 is 1.90 bits per heavy atom. The summed E-state index contributed by atoms with van der Waals surface area (Å²) in [4.78, 5) is 2.44. The molecule has 1 aromatic carbocycles. The number of nitrogens with one attached hydrogen (secondary N) is 1. The van der Waals surface area contributed by atoms with Gasteiger partial charge >= 0.3 is 0 Å². The number of hydrogen-bond acceptors (Lipinski definition) is 3. The lowest BCUT2D eigenvalue weighted by atomic mass is 9.94. The van der Waals surface area contributed by atoms with Crippen molar-refractivity contribution in [2.45, 2.75) is 39.2 Å². The molecule has 0 aliphatic carbocycles. The van der Waals surface area contributed by atoms with Crippen molar-refractivity contribution in [1.29, 1.82) is 0 Å². The number of ether oxygens (including phenoxy) is 1. The van der Waals surface area contributed by atoms with Gasteiger partial charge in [0.15, 0.2) is 0 Å². The van der Waals surface area contributed by atoms with Crippen LogP contribution >= 0.6 is 0 Å². The number of hydrogen-bond donors (Lipinski definition) is 1. The molecule has 118 valence electrons. The first-order valence-electron chi connectivity index (χ1n) is 8.39. The quantitative estimate of drug-likeness (QED) is 0.744. The highest BCUT2D eigenvalue weighted by atomic mass is 16.5. The maximum absolute atomic E-state index is 5.60. The summed E-state index contributed by atoms with van der Waals surface area (Å²) in [6, 6.07) is 8.47. The van der Waals surface area contributed by atoms with Crippen LogP contribution in [0.3, 0.4) is 0 Å². The van der Waals surface area contributed by atoms with Crippen molar-refractivity contribution < 1.29 is 4.74 Å². The zero-order valence-corrected chi connectivity index (χ0v) is 13.6. The van der Waals surface area contributed by atoms with Crippen LogP contribution < -0.4 is 10.1 Å². The Labute approximate surface area is 129 Å². The van der Waals surface area contributed by atoms with Crippen molar-refractivity contribution >= 4 is 0 Å². The minimum Gasteiger partial charge on any atom is -0.494 e. The van der Waals surface area contributed by atoms with E-state index in [0.717, 1.165) is 37.8 Å². The molecule has 2 rings (SSSR count). The summed E-state index contributed by atoms with van der Waals surface area (Å²) in [5.74, 6) is 1.89. The zero-order valence-electron chi connectivity index (χ0n) is 13.6. The average molecular weight is 290 g/mol. The molecule has 1 aromatic rings. The van der Waals surface area contributed by atoms with Crippen molar-refractivity contribution in [3.63, 3.8) is 0 Å². The van der Waals surface area contributed by atoms with Gasteiger partial charge in [0.25, 0.3) is 0 Å². The number of nitrogens with zero attached hydrogens (tertiary/aromatic N) is 1. The van der Waals surface area contributed by atoms with Crippen molar-refractivity contribution in [3.8, 4) is 5.75 Å². The van der Waals surface area contributed by atoms with Crippen LogP contribution in [0.2, 0.25) is 0 Å². The molecule has 1 saturated heterocycles. The summed E-state index contributed by atoms with van der Waals surface area (Å²) in [5, 5.41) is 3.57. The lowest BCUT2D eigenvalue weighted by Crippen LogP contribution is -2.31. The van der Waals surface area contributed by atoms with Crippen molar-refractivity contribution in [1.82, 2.24) is 10.2 Å². The van der Waals surface area contributed by atoms with Crippen LogP contribution in [0.5, 0.6) is 5.75 Å². The molecule has 1 heterocycles. The second-order valence-corrected chi connectivity index (χ2v) is 6.20. The molecule has 3 heteroatoms. The van der Waals surface area contributed by atoms with Crippen LogP contribution in [0.4, 0.5) is 0 Å². The average Bonchev–Trinajstić information content (AvgIpc) is 2.52. The van der Waals surface area contributed by atoms with Crippen LogP contribution in [0.25, 0.3) is 0 Å². The van der Waals surface area contributed by atoms with Gasteiger partial charge in [-0.05, 0) is 76.0 Å². The van der Waals surface area contributed by atoms with Crippen molar-refractivity contribution in [2.24, 2.45) is 5.92 Å². The van der Waals surface area contributed by atoms with Gasteiger partial charge in [-0.3, -0.25) is 0 Å². The van der Waals surface area contributed by atoms with E-state index >= 15 is 0 Å². The van der Waals surface area contributed by atoms with E-state index in [4.69, 9.17) is 4.74 Å². The predicted molar refractivity (Wildman–Crippen MR) is 88.8 cm³/mol. The standard InChI is InChI=1S/C18H30N2O/c1-3-14-21-18-6-4-17(5-7-18)15-19-11-8-16-9-12-20(2)13-10-16/h4-7,16,19H,3,8-15H2,1-2H3. The van der Waals surface area contributed by atoms with E-state index < -0.39 is 0 Å². The van der Waals surface area contributed by atoms with Gasteiger partial charge < -0.3 is 15.0 Å². The summed E-state index contributed by atoms with van der Waals surface area (Å²) in [6.07, 6.45) is 5.09. The van der Waals surface area contributed by atoms with Crippen molar-refractivity contribution in [3.05, 3.63) is 29.8 Å². The first-order valence-corrected chi connectivity index (χ1v) is 8.39. The Morgan fingerprint density at radius 3 is 2.57 bits per heavy atom. The minimum atomic E-state index is 0.800. The van der Waals surface area contributed by atoms with E-state index in [1.807, 2.05) is 0 Å². The Hall–Kier alpha value is -1.06. The van der Waals surface area contributed by atoms with Gasteiger partial charge in [-0.25, -0.2) is 0 Å². The molecule has 0 atom stereocenters. The Morgan fingerprint density at radius 1 is 1.19 bits per heavy atom. The fraction of sp³-hybridized carbons (Fsp3) is 0.667. The molecular formula is C18H30N2O. The number of piperidine rings is 1. The SMILES string of the molecule is CCCOc1ccc(CNCCC2CCN(C)CC2)cc1. The maximum Gasteiger partial charge on any atom is 0.119 e. The lowest BCUT2D eigenvalue weighted by molar-refractivity contribution is 0.211. The van der Waals surface area contributed by atoms with E-state index in [0.29, 0.717) is 0 Å². The number of likely N-dealkylation sites (tertiary alicyclic amines) is 1. The highest BCUT2D eigenvalue weighted by Crippen LogP contribution is 2.18. The molecule has 1 fully saturated rings. The highest BCUT2D eigenvalue weighted by molar-refractivity contribution is 5.27. The molecule has 1 aliphatic heterocycles. The second kappa shape index (κ2) is 9.06. The Kier molecular flexibility index (Phi) is 7.04. The van der Waals surface area contributed by atoms with E-state index in [2.05, 4.69) is 48.5 Å². The first kappa shape index (κ1) is 16.3. The van der Waals surface area contributed by atoms with Gasteiger partial charge in [0, 0.05) is 6.54 Å². The van der Waals surface area contributed by atoms with Gasteiger partial charge in [0.2, 0.25) is 0 Å². The molecule has 0 radical (unpaired) electrons. The summed E-state index contributed by atoms with van der Waals surface area (Å²) >= 11 is 0. The third-order valence-corrected chi connectivity index (χ3v) is 4.29. The Bertz CT molecular complexity index is 383. The van der Waals surface area contributed by atoms with Gasteiger partial charge in [0.05, 0.1) is 6.61 Å². The van der Waals surface area contributed by atoms with Gasteiger partial charge in [-0.1, -0.05) is 19.1 Å². The predicted octanol–water partition coefficient (Wildman–Crippen LogP) is 3.30. The number of benzene rings is 1. The fourth-order valence-electron chi connectivity index (χ4n) is 2.81. The van der Waals surface area contributed by atoms with Gasteiger partial charge in [-0.15, -0.1) is 0 Å². The second-order valence-electron chi connectivity index (χ2n) is 6.20. The lowest BCUT2D eigenvalue weighted by Gasteiger charge is -2.28. The summed E-state index contributed by atoms with van der Waals surface area (Å²) in [7, 11) is 2.22. The summed E-state index contributed by atoms with van der Waals surface area (Å²) < 4.78 is 5.60. The molecule has 21 heavy (non-hydrogen) atoms. The van der Waals surface area contributed by atoms with Crippen LogP contribution in [-0.4, -0.2) is 38.2 Å². The zero-order chi connectivity index (χ0) is 14.9. The molecule has 0 amide bonds. The molecular weight excluding hydrogens is 260 g/mol. The molecule has 3 nitrogen and oxygen atoms in total. The normalized spacial score (nSPS) is 17.0. The van der Waals surface area contributed by atoms with Crippen LogP contribution in [0.1, 0.15) is 38.2 Å². The maximum atomic E-state index is 5.60. The molecule has 1 N–H and O–H groups in total. The third-order valence-electron chi connectivity index (χ3n) is 4.29. The molecule has 0 aromatic heterocycles. The Balaban J connectivity index is 1.60. The van der Waals surface area contributed by atoms with E-state index in [1.54, 1.807) is 0 Å². The van der Waals surface area contributed by atoms with Gasteiger partial charge in [0.1, 0.15) is 5.75 Å². The molecule has 0 saturated carbocycles. The molecule has 0 spiro atoms. The van der Waals surface area contributed by atoms with Gasteiger partial charge in [-0.2, -0.15) is 0 Å². The fourth-order valence-corrected chi connectivity index (χ4v) is 2.81. The smallest absolute Gasteiger partial charge is 0.119 e.